The molecule has 2 saturated heterocycles. The molecule has 27 heavy (non-hydrogen) atoms. The zero-order valence-corrected chi connectivity index (χ0v) is 16.1. The molecule has 0 aromatic carbocycles. The van der Waals surface area contributed by atoms with Crippen molar-refractivity contribution in [2.45, 2.75) is 19.1 Å². The molecule has 142 valence electrons. The normalized spacial score (nSPS) is 20.6. The summed E-state index contributed by atoms with van der Waals surface area (Å²) in [5.41, 5.74) is 1.92. The molecule has 7 heteroatoms. The van der Waals surface area contributed by atoms with E-state index in [2.05, 4.69) is 14.9 Å². The fraction of sp³-hybridized carbons (Fsp3) is 0.450. The SMILES string of the molecule is O=C(c1ccnc(OC2CCSC2)c1)N1CCN(Cc2ccncc2)CC1. The molecule has 0 spiro atoms. The maximum Gasteiger partial charge on any atom is 0.254 e. The van der Waals surface area contributed by atoms with Crippen molar-refractivity contribution in [3.05, 3.63) is 54.0 Å². The second-order valence-electron chi connectivity index (χ2n) is 6.91. The molecule has 1 unspecified atom stereocenters. The van der Waals surface area contributed by atoms with Crippen molar-refractivity contribution in [1.82, 2.24) is 19.8 Å². The first-order valence-electron chi connectivity index (χ1n) is 9.39. The van der Waals surface area contributed by atoms with Crippen molar-refractivity contribution in [3.63, 3.8) is 0 Å². The molecule has 0 aliphatic carbocycles. The van der Waals surface area contributed by atoms with Gasteiger partial charge in [-0.1, -0.05) is 0 Å². The Morgan fingerprint density at radius 3 is 2.70 bits per heavy atom. The minimum atomic E-state index is 0.0617. The first-order valence-corrected chi connectivity index (χ1v) is 10.5. The molecule has 2 aromatic rings. The van der Waals surface area contributed by atoms with Gasteiger partial charge in [0.25, 0.3) is 5.91 Å². The average Bonchev–Trinajstić information content (AvgIpc) is 3.22. The van der Waals surface area contributed by atoms with Crippen LogP contribution in [0.1, 0.15) is 22.3 Å². The van der Waals surface area contributed by atoms with Crippen molar-refractivity contribution >= 4 is 17.7 Å². The number of piperazine rings is 1. The molecule has 0 N–H and O–H groups in total. The number of ether oxygens (including phenoxy) is 1. The Kier molecular flexibility index (Phi) is 5.89. The van der Waals surface area contributed by atoms with Crippen LogP contribution in [0.15, 0.2) is 42.9 Å². The molecule has 6 nitrogen and oxygen atoms in total. The van der Waals surface area contributed by atoms with Gasteiger partial charge in [0.05, 0.1) is 0 Å². The van der Waals surface area contributed by atoms with Gasteiger partial charge < -0.3 is 9.64 Å². The Morgan fingerprint density at radius 2 is 1.96 bits per heavy atom. The van der Waals surface area contributed by atoms with E-state index < -0.39 is 0 Å². The summed E-state index contributed by atoms with van der Waals surface area (Å²) < 4.78 is 5.92. The lowest BCUT2D eigenvalue weighted by Crippen LogP contribution is -2.48. The molecule has 4 rings (SSSR count). The first-order chi connectivity index (χ1) is 13.3. The highest BCUT2D eigenvalue weighted by Crippen LogP contribution is 2.23. The van der Waals surface area contributed by atoms with Crippen LogP contribution in [0.3, 0.4) is 0 Å². The summed E-state index contributed by atoms with van der Waals surface area (Å²) in [6, 6.07) is 7.65. The first kappa shape index (κ1) is 18.3. The summed E-state index contributed by atoms with van der Waals surface area (Å²) in [6.45, 7) is 4.13. The van der Waals surface area contributed by atoms with Gasteiger partial charge in [0.2, 0.25) is 5.88 Å². The Morgan fingerprint density at radius 1 is 1.15 bits per heavy atom. The van der Waals surface area contributed by atoms with Gasteiger partial charge in [-0.3, -0.25) is 14.7 Å². The summed E-state index contributed by atoms with van der Waals surface area (Å²) in [4.78, 5) is 25.5. The van der Waals surface area contributed by atoms with Crippen molar-refractivity contribution in [2.24, 2.45) is 0 Å². The van der Waals surface area contributed by atoms with Crippen molar-refractivity contribution in [2.75, 3.05) is 37.7 Å². The number of carbonyl (C=O) groups excluding carboxylic acids is 1. The van der Waals surface area contributed by atoms with Crippen LogP contribution in [-0.2, 0) is 6.54 Å². The van der Waals surface area contributed by atoms with Gasteiger partial charge in [0.15, 0.2) is 0 Å². The molecule has 2 aliphatic heterocycles. The number of nitrogens with zero attached hydrogens (tertiary/aromatic N) is 4. The lowest BCUT2D eigenvalue weighted by molar-refractivity contribution is 0.0627. The molecule has 0 saturated carbocycles. The van der Waals surface area contributed by atoms with Crippen LogP contribution < -0.4 is 4.74 Å². The van der Waals surface area contributed by atoms with E-state index in [1.807, 2.05) is 41.2 Å². The van der Waals surface area contributed by atoms with Gasteiger partial charge in [-0.2, -0.15) is 11.8 Å². The predicted molar refractivity (Wildman–Crippen MR) is 106 cm³/mol. The summed E-state index contributed by atoms with van der Waals surface area (Å²) >= 11 is 1.90. The summed E-state index contributed by atoms with van der Waals surface area (Å²) in [6.07, 6.45) is 6.57. The van der Waals surface area contributed by atoms with Crippen LogP contribution in [0.4, 0.5) is 0 Å². The number of thioether (sulfide) groups is 1. The summed E-state index contributed by atoms with van der Waals surface area (Å²) in [7, 11) is 0. The van der Waals surface area contributed by atoms with Gasteiger partial charge >= 0.3 is 0 Å². The number of hydrogen-bond donors (Lipinski definition) is 0. The van der Waals surface area contributed by atoms with Crippen LogP contribution >= 0.6 is 11.8 Å². The Labute approximate surface area is 163 Å². The van der Waals surface area contributed by atoms with Gasteiger partial charge in [0, 0.05) is 68.7 Å². The van der Waals surface area contributed by atoms with Crippen molar-refractivity contribution in [1.29, 1.82) is 0 Å². The number of carbonyl (C=O) groups is 1. The highest BCUT2D eigenvalue weighted by molar-refractivity contribution is 7.99. The van der Waals surface area contributed by atoms with Crippen LogP contribution in [0.25, 0.3) is 0 Å². The molecular weight excluding hydrogens is 360 g/mol. The number of amides is 1. The van der Waals surface area contributed by atoms with E-state index in [1.54, 1.807) is 18.3 Å². The van der Waals surface area contributed by atoms with E-state index in [-0.39, 0.29) is 12.0 Å². The highest BCUT2D eigenvalue weighted by atomic mass is 32.2. The Hall–Kier alpha value is -2.12. The second-order valence-corrected chi connectivity index (χ2v) is 8.06. The summed E-state index contributed by atoms with van der Waals surface area (Å²) in [5, 5.41) is 0. The Balaban J connectivity index is 1.32. The van der Waals surface area contributed by atoms with E-state index in [4.69, 9.17) is 4.74 Å². The van der Waals surface area contributed by atoms with E-state index in [0.717, 1.165) is 50.7 Å². The van der Waals surface area contributed by atoms with Crippen LogP contribution in [-0.4, -0.2) is 69.5 Å². The molecule has 1 atom stereocenters. The largest absolute Gasteiger partial charge is 0.473 e. The molecule has 2 fully saturated rings. The van der Waals surface area contributed by atoms with Gasteiger partial charge in [0.1, 0.15) is 6.10 Å². The molecule has 2 aliphatic rings. The number of pyridine rings is 2. The van der Waals surface area contributed by atoms with Crippen LogP contribution in [0, 0.1) is 0 Å². The van der Waals surface area contributed by atoms with Gasteiger partial charge in [-0.05, 0) is 35.9 Å². The number of hydrogen-bond acceptors (Lipinski definition) is 6. The van der Waals surface area contributed by atoms with Crippen LogP contribution in [0.2, 0.25) is 0 Å². The lowest BCUT2D eigenvalue weighted by Gasteiger charge is -2.34. The maximum absolute atomic E-state index is 12.9. The third-order valence-electron chi connectivity index (χ3n) is 4.97. The van der Waals surface area contributed by atoms with E-state index in [0.29, 0.717) is 11.4 Å². The second kappa shape index (κ2) is 8.71. The van der Waals surface area contributed by atoms with Gasteiger partial charge in [-0.15, -0.1) is 0 Å². The Bertz CT molecular complexity index is 760. The van der Waals surface area contributed by atoms with Crippen molar-refractivity contribution in [3.8, 4) is 5.88 Å². The van der Waals surface area contributed by atoms with Gasteiger partial charge in [-0.25, -0.2) is 4.98 Å². The third kappa shape index (κ3) is 4.78. The quantitative estimate of drug-likeness (QED) is 0.789. The standard InChI is InChI=1S/C20H24N4O2S/c25-20(17-3-7-22-19(13-17)26-18-4-12-27-15-18)24-10-8-23(9-11-24)14-16-1-5-21-6-2-16/h1-3,5-7,13,18H,4,8-12,14-15H2. The topological polar surface area (TPSA) is 58.6 Å². The molecule has 2 aromatic heterocycles. The third-order valence-corrected chi connectivity index (χ3v) is 6.10. The minimum absolute atomic E-state index is 0.0617. The number of rotatable bonds is 5. The summed E-state index contributed by atoms with van der Waals surface area (Å²) in [5.74, 6) is 2.75. The van der Waals surface area contributed by atoms with Crippen LogP contribution in [0.5, 0.6) is 5.88 Å². The zero-order chi connectivity index (χ0) is 18.5. The van der Waals surface area contributed by atoms with E-state index >= 15 is 0 Å². The lowest BCUT2D eigenvalue weighted by atomic mass is 10.2. The van der Waals surface area contributed by atoms with Crippen molar-refractivity contribution < 1.29 is 9.53 Å². The average molecular weight is 385 g/mol. The smallest absolute Gasteiger partial charge is 0.254 e. The predicted octanol–water partition coefficient (Wildman–Crippen LogP) is 2.32. The molecule has 0 radical (unpaired) electrons. The van der Waals surface area contributed by atoms with E-state index in [1.165, 1.54) is 5.56 Å². The highest BCUT2D eigenvalue weighted by Gasteiger charge is 2.23. The van der Waals surface area contributed by atoms with E-state index in [9.17, 15) is 4.79 Å². The molecule has 0 bridgehead atoms. The minimum Gasteiger partial charge on any atom is -0.473 e. The molecule has 4 heterocycles. The monoisotopic (exact) mass is 384 g/mol. The molecular formula is C20H24N4O2S. The fourth-order valence-electron chi connectivity index (χ4n) is 3.42. The maximum atomic E-state index is 12.9. The molecule has 1 amide bonds. The fourth-order valence-corrected chi connectivity index (χ4v) is 4.52. The number of aromatic nitrogens is 2. The zero-order valence-electron chi connectivity index (χ0n) is 15.3.